The van der Waals surface area contributed by atoms with E-state index in [9.17, 15) is 13.8 Å². The average Bonchev–Trinajstić information content (AvgIpc) is 2.45. The van der Waals surface area contributed by atoms with Crippen LogP contribution in [-0.4, -0.2) is 33.1 Å². The van der Waals surface area contributed by atoms with Crippen LogP contribution in [0.4, 0.5) is 5.69 Å². The topological polar surface area (TPSA) is 75.3 Å². The first-order valence-electron chi connectivity index (χ1n) is 7.40. The Kier molecular flexibility index (Phi) is 7.16. The van der Waals surface area contributed by atoms with Gasteiger partial charge in [0.1, 0.15) is 0 Å². The summed E-state index contributed by atoms with van der Waals surface area (Å²) in [4.78, 5) is 22.6. The molecule has 0 aromatic heterocycles. The van der Waals surface area contributed by atoms with Crippen molar-refractivity contribution in [2.45, 2.75) is 32.4 Å². The Hall–Kier alpha value is -1.95. The monoisotopic (exact) mass is 336 g/mol. The summed E-state index contributed by atoms with van der Waals surface area (Å²) in [7, 11) is -0.975. The second kappa shape index (κ2) is 8.62. The van der Waals surface area contributed by atoms with Gasteiger partial charge in [0.25, 0.3) is 0 Å². The number of hydrogen-bond donors (Lipinski definition) is 2. The van der Waals surface area contributed by atoms with Crippen molar-refractivity contribution in [3.8, 4) is 0 Å². The lowest BCUT2D eigenvalue weighted by atomic mass is 10.2. The van der Waals surface area contributed by atoms with E-state index < -0.39 is 10.8 Å². The molecule has 23 heavy (non-hydrogen) atoms. The van der Waals surface area contributed by atoms with E-state index in [1.807, 2.05) is 32.9 Å². The zero-order chi connectivity index (χ0) is 17.5. The van der Waals surface area contributed by atoms with Gasteiger partial charge in [0.15, 0.2) is 0 Å². The zero-order valence-electron chi connectivity index (χ0n) is 14.0. The number of carbonyl (C=O) groups is 2. The van der Waals surface area contributed by atoms with Crippen LogP contribution in [0.2, 0.25) is 0 Å². The van der Waals surface area contributed by atoms with Crippen LogP contribution in [0.25, 0.3) is 6.08 Å². The minimum atomic E-state index is -0.975. The SMILES string of the molecule is CC(=O)Nc1ccc(/C=C\C(=O)NCC[S@](=O)C(C)(C)C)cc1. The fourth-order valence-corrected chi connectivity index (χ4v) is 2.58. The Bertz CT molecular complexity index is 601. The molecule has 0 bridgehead atoms. The molecular weight excluding hydrogens is 312 g/mol. The highest BCUT2D eigenvalue weighted by Crippen LogP contribution is 2.11. The van der Waals surface area contributed by atoms with Gasteiger partial charge in [-0.1, -0.05) is 12.1 Å². The van der Waals surface area contributed by atoms with Crippen molar-refractivity contribution >= 4 is 34.4 Å². The van der Waals surface area contributed by atoms with Gasteiger partial charge in [-0.2, -0.15) is 0 Å². The van der Waals surface area contributed by atoms with Crippen LogP contribution < -0.4 is 10.6 Å². The molecule has 1 aromatic rings. The molecule has 1 aromatic carbocycles. The molecule has 5 nitrogen and oxygen atoms in total. The normalized spacial score (nSPS) is 12.9. The van der Waals surface area contributed by atoms with Gasteiger partial charge in [0.2, 0.25) is 11.8 Å². The number of anilines is 1. The maximum Gasteiger partial charge on any atom is 0.244 e. The van der Waals surface area contributed by atoms with Gasteiger partial charge in [-0.05, 0) is 44.5 Å². The fourth-order valence-electron chi connectivity index (χ4n) is 1.68. The van der Waals surface area contributed by atoms with Gasteiger partial charge in [-0.3, -0.25) is 13.8 Å². The molecule has 0 heterocycles. The van der Waals surface area contributed by atoms with Crippen LogP contribution in [-0.2, 0) is 20.4 Å². The molecule has 0 fully saturated rings. The van der Waals surface area contributed by atoms with Crippen LogP contribution in [0, 0.1) is 0 Å². The Morgan fingerprint density at radius 2 is 1.78 bits per heavy atom. The predicted octanol–water partition coefficient (Wildman–Crippen LogP) is 2.32. The summed E-state index contributed by atoms with van der Waals surface area (Å²) in [6.45, 7) is 7.57. The first-order valence-corrected chi connectivity index (χ1v) is 8.72. The lowest BCUT2D eigenvalue weighted by molar-refractivity contribution is -0.116. The van der Waals surface area contributed by atoms with E-state index in [1.165, 1.54) is 13.0 Å². The van der Waals surface area contributed by atoms with Crippen molar-refractivity contribution in [2.75, 3.05) is 17.6 Å². The summed E-state index contributed by atoms with van der Waals surface area (Å²) >= 11 is 0. The first-order chi connectivity index (χ1) is 10.7. The van der Waals surface area contributed by atoms with Gasteiger partial charge >= 0.3 is 0 Å². The maximum absolute atomic E-state index is 11.8. The zero-order valence-corrected chi connectivity index (χ0v) is 14.8. The molecule has 0 saturated heterocycles. The molecule has 1 rings (SSSR count). The molecule has 0 aliphatic carbocycles. The van der Waals surface area contributed by atoms with Gasteiger partial charge in [0, 0.05) is 46.5 Å². The number of rotatable bonds is 6. The summed E-state index contributed by atoms with van der Waals surface area (Å²) in [6.07, 6.45) is 3.13. The van der Waals surface area contributed by atoms with Gasteiger partial charge < -0.3 is 10.6 Å². The lowest BCUT2D eigenvalue weighted by Gasteiger charge is -2.17. The highest BCUT2D eigenvalue weighted by Gasteiger charge is 2.18. The van der Waals surface area contributed by atoms with E-state index in [2.05, 4.69) is 10.6 Å². The molecule has 126 valence electrons. The fraction of sp³-hybridized carbons (Fsp3) is 0.412. The number of hydrogen-bond acceptors (Lipinski definition) is 3. The molecular formula is C17H24N2O3S. The number of benzene rings is 1. The number of nitrogens with one attached hydrogen (secondary N) is 2. The van der Waals surface area contributed by atoms with E-state index in [-0.39, 0.29) is 16.6 Å². The van der Waals surface area contributed by atoms with Gasteiger partial charge in [-0.25, -0.2) is 0 Å². The Morgan fingerprint density at radius 1 is 1.17 bits per heavy atom. The predicted molar refractivity (Wildman–Crippen MR) is 95.6 cm³/mol. The Labute approximate surface area is 140 Å². The average molecular weight is 336 g/mol. The second-order valence-corrected chi connectivity index (χ2v) is 8.41. The van der Waals surface area contributed by atoms with Crippen LogP contribution in [0.15, 0.2) is 30.3 Å². The van der Waals surface area contributed by atoms with Gasteiger partial charge in [-0.15, -0.1) is 0 Å². The molecule has 1 atom stereocenters. The minimum Gasteiger partial charge on any atom is -0.352 e. The number of amides is 2. The smallest absolute Gasteiger partial charge is 0.244 e. The van der Waals surface area contributed by atoms with Crippen molar-refractivity contribution in [2.24, 2.45) is 0 Å². The van der Waals surface area contributed by atoms with Crippen LogP contribution >= 0.6 is 0 Å². The third-order valence-electron chi connectivity index (χ3n) is 2.93. The molecule has 6 heteroatoms. The molecule has 0 aliphatic rings. The highest BCUT2D eigenvalue weighted by molar-refractivity contribution is 7.86. The van der Waals surface area contributed by atoms with Crippen molar-refractivity contribution in [1.29, 1.82) is 0 Å². The Morgan fingerprint density at radius 3 is 2.30 bits per heavy atom. The summed E-state index contributed by atoms with van der Waals surface area (Å²) in [5, 5.41) is 5.39. The minimum absolute atomic E-state index is 0.125. The second-order valence-electron chi connectivity index (χ2n) is 6.09. The van der Waals surface area contributed by atoms with Crippen LogP contribution in [0.3, 0.4) is 0 Å². The van der Waals surface area contributed by atoms with Crippen LogP contribution in [0.1, 0.15) is 33.3 Å². The van der Waals surface area contributed by atoms with E-state index >= 15 is 0 Å². The largest absolute Gasteiger partial charge is 0.352 e. The molecule has 2 amide bonds. The molecule has 0 unspecified atom stereocenters. The van der Waals surface area contributed by atoms with E-state index in [4.69, 9.17) is 0 Å². The highest BCUT2D eigenvalue weighted by atomic mass is 32.2. The molecule has 0 radical (unpaired) electrons. The standard InChI is InChI=1S/C17H24N2O3S/c1-13(20)19-15-8-5-14(6-9-15)7-10-16(21)18-11-12-23(22)17(2,3)4/h5-10H,11-12H2,1-4H3,(H,18,21)(H,19,20)/b10-7-/t23-/m0/s1. The summed E-state index contributed by atoms with van der Waals surface area (Å²) < 4.78 is 11.6. The number of carbonyl (C=O) groups excluding carboxylic acids is 2. The Balaban J connectivity index is 2.43. The van der Waals surface area contributed by atoms with Crippen molar-refractivity contribution in [1.82, 2.24) is 5.32 Å². The van der Waals surface area contributed by atoms with Crippen molar-refractivity contribution in [3.63, 3.8) is 0 Å². The molecule has 0 saturated carbocycles. The summed E-state index contributed by atoms with van der Waals surface area (Å²) in [5.41, 5.74) is 1.57. The molecule has 2 N–H and O–H groups in total. The summed E-state index contributed by atoms with van der Waals surface area (Å²) in [5.74, 6) is 0.0938. The van der Waals surface area contributed by atoms with E-state index in [0.717, 1.165) is 5.56 Å². The molecule has 0 spiro atoms. The van der Waals surface area contributed by atoms with Crippen LogP contribution in [0.5, 0.6) is 0 Å². The molecule has 0 aliphatic heterocycles. The van der Waals surface area contributed by atoms with Crippen molar-refractivity contribution < 1.29 is 13.8 Å². The third-order valence-corrected chi connectivity index (χ3v) is 4.87. The first kappa shape index (κ1) is 19.1. The lowest BCUT2D eigenvalue weighted by Crippen LogP contribution is -2.31. The van der Waals surface area contributed by atoms with Crippen molar-refractivity contribution in [3.05, 3.63) is 35.9 Å². The maximum atomic E-state index is 11.8. The summed E-state index contributed by atoms with van der Waals surface area (Å²) in [6, 6.07) is 7.16. The van der Waals surface area contributed by atoms with E-state index in [1.54, 1.807) is 18.2 Å². The quantitative estimate of drug-likeness (QED) is 0.783. The third kappa shape index (κ3) is 7.74. The van der Waals surface area contributed by atoms with E-state index in [0.29, 0.717) is 18.0 Å². The van der Waals surface area contributed by atoms with Gasteiger partial charge in [0.05, 0.1) is 0 Å².